The summed E-state index contributed by atoms with van der Waals surface area (Å²) in [4.78, 5) is 0. The number of aliphatic hydroxyl groups is 1. The SMILES string of the molecule is OC1CCCCCC1Oc1ccc(Cl)c(F)c1. The fraction of sp³-hybridized carbons (Fsp3) is 0.538. The van der Waals surface area contributed by atoms with E-state index in [1.807, 2.05) is 0 Å². The lowest BCUT2D eigenvalue weighted by atomic mass is 10.1. The van der Waals surface area contributed by atoms with Gasteiger partial charge in [-0.3, -0.25) is 0 Å². The van der Waals surface area contributed by atoms with E-state index in [-0.39, 0.29) is 11.1 Å². The second kappa shape index (κ2) is 5.69. The molecule has 0 heterocycles. The first-order chi connectivity index (χ1) is 8.16. The summed E-state index contributed by atoms with van der Waals surface area (Å²) in [7, 11) is 0. The van der Waals surface area contributed by atoms with E-state index in [2.05, 4.69) is 0 Å². The van der Waals surface area contributed by atoms with Crippen LogP contribution in [0.2, 0.25) is 5.02 Å². The van der Waals surface area contributed by atoms with E-state index in [9.17, 15) is 9.50 Å². The molecule has 94 valence electrons. The average Bonchev–Trinajstić information content (AvgIpc) is 2.50. The maximum atomic E-state index is 13.2. The molecule has 4 heteroatoms. The number of aliphatic hydroxyl groups excluding tert-OH is 1. The van der Waals surface area contributed by atoms with Gasteiger partial charge >= 0.3 is 0 Å². The van der Waals surface area contributed by atoms with Crippen LogP contribution >= 0.6 is 11.6 Å². The van der Waals surface area contributed by atoms with E-state index < -0.39 is 11.9 Å². The van der Waals surface area contributed by atoms with E-state index >= 15 is 0 Å². The largest absolute Gasteiger partial charge is 0.488 e. The van der Waals surface area contributed by atoms with Crippen molar-refractivity contribution in [3.63, 3.8) is 0 Å². The maximum absolute atomic E-state index is 13.2. The zero-order chi connectivity index (χ0) is 12.3. The summed E-state index contributed by atoms with van der Waals surface area (Å²) in [5.74, 6) is -0.0647. The molecule has 2 nitrogen and oxygen atoms in total. The Morgan fingerprint density at radius 2 is 2.00 bits per heavy atom. The highest BCUT2D eigenvalue weighted by molar-refractivity contribution is 6.30. The molecule has 17 heavy (non-hydrogen) atoms. The highest BCUT2D eigenvalue weighted by Gasteiger charge is 2.23. The Morgan fingerprint density at radius 3 is 2.76 bits per heavy atom. The predicted molar refractivity (Wildman–Crippen MR) is 64.9 cm³/mol. The number of hydrogen-bond donors (Lipinski definition) is 1. The molecule has 1 N–H and O–H groups in total. The van der Waals surface area contributed by atoms with Crippen LogP contribution in [0.15, 0.2) is 18.2 Å². The Labute approximate surface area is 105 Å². The molecule has 0 aliphatic heterocycles. The summed E-state index contributed by atoms with van der Waals surface area (Å²) in [6.07, 6.45) is 4.04. The van der Waals surface area contributed by atoms with Crippen molar-refractivity contribution in [2.24, 2.45) is 0 Å². The van der Waals surface area contributed by atoms with Gasteiger partial charge in [-0.2, -0.15) is 0 Å². The molecule has 2 atom stereocenters. The molecule has 0 spiro atoms. The molecule has 0 amide bonds. The maximum Gasteiger partial charge on any atom is 0.145 e. The Morgan fingerprint density at radius 1 is 1.24 bits per heavy atom. The van der Waals surface area contributed by atoms with E-state index in [0.717, 1.165) is 32.1 Å². The van der Waals surface area contributed by atoms with Crippen LogP contribution in [0, 0.1) is 5.82 Å². The standard InChI is InChI=1S/C13H16ClFO2/c14-10-7-6-9(8-11(10)15)17-13-5-3-1-2-4-12(13)16/h6-8,12-13,16H,1-5H2. The molecular formula is C13H16ClFO2. The summed E-state index contributed by atoms with van der Waals surface area (Å²) >= 11 is 5.60. The molecule has 1 aromatic rings. The van der Waals surface area contributed by atoms with Crippen LogP contribution in [0.5, 0.6) is 5.75 Å². The average molecular weight is 259 g/mol. The molecular weight excluding hydrogens is 243 g/mol. The Bertz CT molecular complexity index is 384. The molecule has 0 radical (unpaired) electrons. The summed E-state index contributed by atoms with van der Waals surface area (Å²) in [6.45, 7) is 0. The zero-order valence-electron chi connectivity index (χ0n) is 9.53. The highest BCUT2D eigenvalue weighted by Crippen LogP contribution is 2.25. The quantitative estimate of drug-likeness (QED) is 0.822. The van der Waals surface area contributed by atoms with Gasteiger partial charge < -0.3 is 9.84 Å². The molecule has 0 saturated heterocycles. The van der Waals surface area contributed by atoms with Crippen molar-refractivity contribution in [2.75, 3.05) is 0 Å². The van der Waals surface area contributed by atoms with Crippen molar-refractivity contribution < 1.29 is 14.2 Å². The van der Waals surface area contributed by atoms with Gasteiger partial charge in [-0.15, -0.1) is 0 Å². The van der Waals surface area contributed by atoms with Crippen molar-refractivity contribution in [3.05, 3.63) is 29.0 Å². The second-order valence-corrected chi connectivity index (χ2v) is 4.84. The third-order valence-electron chi connectivity index (χ3n) is 3.10. The minimum Gasteiger partial charge on any atom is -0.488 e. The Balaban J connectivity index is 2.05. The fourth-order valence-electron chi connectivity index (χ4n) is 2.12. The van der Waals surface area contributed by atoms with Crippen molar-refractivity contribution >= 4 is 11.6 Å². The number of hydrogen-bond acceptors (Lipinski definition) is 2. The molecule has 0 aromatic heterocycles. The summed E-state index contributed by atoms with van der Waals surface area (Å²) in [6, 6.07) is 4.36. The molecule has 1 aliphatic rings. The summed E-state index contributed by atoms with van der Waals surface area (Å²) < 4.78 is 18.9. The van der Waals surface area contributed by atoms with Crippen LogP contribution in [0.3, 0.4) is 0 Å². The Kier molecular flexibility index (Phi) is 4.24. The highest BCUT2D eigenvalue weighted by atomic mass is 35.5. The third-order valence-corrected chi connectivity index (χ3v) is 3.40. The van der Waals surface area contributed by atoms with E-state index in [4.69, 9.17) is 16.3 Å². The van der Waals surface area contributed by atoms with Crippen LogP contribution < -0.4 is 4.74 Å². The van der Waals surface area contributed by atoms with Gasteiger partial charge in [-0.05, 0) is 31.4 Å². The minimum atomic E-state index is -0.493. The van der Waals surface area contributed by atoms with Gasteiger partial charge in [0.1, 0.15) is 17.7 Å². The Hall–Kier alpha value is -0.800. The van der Waals surface area contributed by atoms with Crippen molar-refractivity contribution in [2.45, 2.75) is 44.3 Å². The minimum absolute atomic E-state index is 0.0822. The van der Waals surface area contributed by atoms with E-state index in [0.29, 0.717) is 5.75 Å². The van der Waals surface area contributed by atoms with Crippen LogP contribution in [0.25, 0.3) is 0 Å². The van der Waals surface area contributed by atoms with Gasteiger partial charge in [0.05, 0.1) is 11.1 Å². The summed E-state index contributed by atoms with van der Waals surface area (Å²) in [5, 5.41) is 9.97. The first-order valence-electron chi connectivity index (χ1n) is 5.96. The van der Waals surface area contributed by atoms with Gasteiger partial charge in [0, 0.05) is 6.07 Å². The zero-order valence-corrected chi connectivity index (χ0v) is 10.3. The molecule has 2 rings (SSSR count). The lowest BCUT2D eigenvalue weighted by Crippen LogP contribution is -2.30. The normalized spacial score (nSPS) is 25.4. The van der Waals surface area contributed by atoms with Gasteiger partial charge in [0.2, 0.25) is 0 Å². The van der Waals surface area contributed by atoms with Crippen LogP contribution in [-0.2, 0) is 0 Å². The van der Waals surface area contributed by atoms with Gasteiger partial charge in [-0.1, -0.05) is 24.4 Å². The van der Waals surface area contributed by atoms with Crippen molar-refractivity contribution in [3.8, 4) is 5.75 Å². The number of ether oxygens (including phenoxy) is 1. The van der Waals surface area contributed by atoms with Gasteiger partial charge in [-0.25, -0.2) is 4.39 Å². The van der Waals surface area contributed by atoms with Crippen LogP contribution in [0.4, 0.5) is 4.39 Å². The van der Waals surface area contributed by atoms with Crippen LogP contribution in [-0.4, -0.2) is 17.3 Å². The van der Waals surface area contributed by atoms with Gasteiger partial charge in [0.25, 0.3) is 0 Å². The second-order valence-electron chi connectivity index (χ2n) is 4.44. The van der Waals surface area contributed by atoms with Crippen molar-refractivity contribution in [1.29, 1.82) is 0 Å². The number of benzene rings is 1. The first-order valence-corrected chi connectivity index (χ1v) is 6.34. The lowest BCUT2D eigenvalue weighted by Gasteiger charge is -2.22. The third kappa shape index (κ3) is 3.33. The van der Waals surface area contributed by atoms with Crippen LogP contribution in [0.1, 0.15) is 32.1 Å². The topological polar surface area (TPSA) is 29.5 Å². The lowest BCUT2D eigenvalue weighted by molar-refractivity contribution is 0.0318. The molecule has 1 aliphatic carbocycles. The first kappa shape index (κ1) is 12.7. The van der Waals surface area contributed by atoms with Crippen molar-refractivity contribution in [1.82, 2.24) is 0 Å². The molecule has 1 saturated carbocycles. The predicted octanol–water partition coefficient (Wildman–Crippen LogP) is 3.55. The monoisotopic (exact) mass is 258 g/mol. The molecule has 1 aromatic carbocycles. The van der Waals surface area contributed by atoms with E-state index in [1.54, 1.807) is 6.07 Å². The number of rotatable bonds is 2. The summed E-state index contributed by atoms with van der Waals surface area (Å²) in [5.41, 5.74) is 0. The molecule has 0 bridgehead atoms. The number of halogens is 2. The smallest absolute Gasteiger partial charge is 0.145 e. The fourth-order valence-corrected chi connectivity index (χ4v) is 2.23. The van der Waals surface area contributed by atoms with E-state index in [1.165, 1.54) is 12.1 Å². The van der Waals surface area contributed by atoms with Gasteiger partial charge in [0.15, 0.2) is 0 Å². The molecule has 1 fully saturated rings. The molecule has 2 unspecified atom stereocenters.